The Balaban J connectivity index is 1.30. The minimum atomic E-state index is -0.711. The van der Waals surface area contributed by atoms with Gasteiger partial charge in [0.1, 0.15) is 18.8 Å². The third kappa shape index (κ3) is 4.52. The van der Waals surface area contributed by atoms with E-state index < -0.39 is 12.2 Å². The molecule has 2 aromatic rings. The first-order valence-corrected chi connectivity index (χ1v) is 10.9. The van der Waals surface area contributed by atoms with Gasteiger partial charge in [-0.15, -0.1) is 0 Å². The van der Waals surface area contributed by atoms with Gasteiger partial charge < -0.3 is 14.9 Å². The van der Waals surface area contributed by atoms with Gasteiger partial charge in [-0.2, -0.15) is 5.26 Å². The molecule has 2 aliphatic heterocycles. The average Bonchev–Trinajstić information content (AvgIpc) is 3.16. The number of ether oxygens (including phenoxy) is 1. The molecule has 32 heavy (non-hydrogen) atoms. The van der Waals surface area contributed by atoms with Crippen LogP contribution in [0.3, 0.4) is 0 Å². The molecule has 1 fully saturated rings. The molecule has 8 heteroatoms. The summed E-state index contributed by atoms with van der Waals surface area (Å²) in [6.07, 6.45) is -1.35. The predicted molar refractivity (Wildman–Crippen MR) is 117 cm³/mol. The zero-order valence-electron chi connectivity index (χ0n) is 18.4. The van der Waals surface area contributed by atoms with Crippen LogP contribution < -0.4 is 0 Å². The van der Waals surface area contributed by atoms with Gasteiger partial charge in [0.15, 0.2) is 0 Å². The van der Waals surface area contributed by atoms with Gasteiger partial charge in [0, 0.05) is 44.8 Å². The highest BCUT2D eigenvalue weighted by molar-refractivity contribution is 5.93. The van der Waals surface area contributed by atoms with E-state index in [0.29, 0.717) is 35.6 Å². The van der Waals surface area contributed by atoms with Crippen LogP contribution in [-0.2, 0) is 11.3 Å². The van der Waals surface area contributed by atoms with Gasteiger partial charge >= 0.3 is 5.97 Å². The first kappa shape index (κ1) is 22.4. The van der Waals surface area contributed by atoms with E-state index in [0.717, 1.165) is 42.9 Å². The number of benzene rings is 1. The molecule has 0 saturated carbocycles. The van der Waals surface area contributed by atoms with E-state index in [-0.39, 0.29) is 12.6 Å². The second kappa shape index (κ2) is 9.35. The van der Waals surface area contributed by atoms with Crippen LogP contribution in [0.15, 0.2) is 24.3 Å². The fourth-order valence-corrected chi connectivity index (χ4v) is 4.45. The number of rotatable bonds is 6. The van der Waals surface area contributed by atoms with E-state index in [1.165, 1.54) is 0 Å². The number of carbonyl (C=O) groups is 1. The maximum Gasteiger partial charge on any atom is 0.338 e. The van der Waals surface area contributed by atoms with E-state index >= 15 is 0 Å². The van der Waals surface area contributed by atoms with E-state index in [1.807, 2.05) is 13.0 Å². The van der Waals surface area contributed by atoms with Crippen molar-refractivity contribution in [3.05, 3.63) is 63.5 Å². The quantitative estimate of drug-likeness (QED) is 0.658. The van der Waals surface area contributed by atoms with Crippen LogP contribution in [0.25, 0.3) is 0 Å². The zero-order valence-corrected chi connectivity index (χ0v) is 18.4. The Bertz CT molecular complexity index is 1060. The summed E-state index contributed by atoms with van der Waals surface area (Å²) in [7, 11) is 0. The predicted octanol–water partition coefficient (Wildman–Crippen LogP) is 1.63. The summed E-state index contributed by atoms with van der Waals surface area (Å²) in [5.74, 6) is -0.297. The fourth-order valence-electron chi connectivity index (χ4n) is 4.45. The third-order valence-electron chi connectivity index (χ3n) is 6.46. The van der Waals surface area contributed by atoms with E-state index in [4.69, 9.17) is 10.00 Å². The number of nitrogens with zero attached hydrogens (tertiary/aromatic N) is 4. The van der Waals surface area contributed by atoms with Crippen molar-refractivity contribution in [2.75, 3.05) is 39.3 Å². The van der Waals surface area contributed by atoms with E-state index in [2.05, 4.69) is 20.9 Å². The third-order valence-corrected chi connectivity index (χ3v) is 6.46. The Kier molecular flexibility index (Phi) is 6.53. The Morgan fingerprint density at radius 2 is 1.72 bits per heavy atom. The number of pyridine rings is 1. The molecule has 1 aromatic carbocycles. The van der Waals surface area contributed by atoms with Crippen molar-refractivity contribution < 1.29 is 19.7 Å². The molecule has 168 valence electrons. The molecule has 0 aliphatic carbocycles. The van der Waals surface area contributed by atoms with Crippen LogP contribution in [0.5, 0.6) is 0 Å². The number of aliphatic hydroxyl groups is 2. The molecule has 1 aromatic heterocycles. The number of β-amino-alcohol motifs (C(OH)–C–C–N with tert-alkyl or cyclic N) is 2. The first-order chi connectivity index (χ1) is 15.4. The number of aryl methyl sites for hydroxylation is 1. The molecule has 2 aliphatic rings. The SMILES string of the molecule is Cc1nc([C@H](O)CN2CCN(C[C@H](O)c3ccc4c(c3C)COC4=O)CC2)ccc1C#N. The molecule has 2 N–H and O–H groups in total. The molecule has 0 bridgehead atoms. The van der Waals surface area contributed by atoms with Crippen LogP contribution in [-0.4, -0.2) is 70.2 Å². The van der Waals surface area contributed by atoms with Crippen molar-refractivity contribution in [2.45, 2.75) is 32.7 Å². The molecule has 0 spiro atoms. The topological polar surface area (TPSA) is 110 Å². The zero-order chi connectivity index (χ0) is 22.8. The summed E-state index contributed by atoms with van der Waals surface area (Å²) < 4.78 is 5.11. The number of aliphatic hydroxyl groups excluding tert-OH is 2. The first-order valence-electron chi connectivity index (χ1n) is 10.9. The van der Waals surface area contributed by atoms with Crippen molar-refractivity contribution in [2.24, 2.45) is 0 Å². The smallest absolute Gasteiger partial charge is 0.338 e. The van der Waals surface area contributed by atoms with Gasteiger partial charge in [-0.05, 0) is 43.2 Å². The number of piperazine rings is 1. The minimum absolute atomic E-state index is 0.273. The van der Waals surface area contributed by atoms with Crippen LogP contribution >= 0.6 is 0 Å². The van der Waals surface area contributed by atoms with Gasteiger partial charge in [0.2, 0.25) is 0 Å². The second-order valence-electron chi connectivity index (χ2n) is 8.50. The highest BCUT2D eigenvalue weighted by atomic mass is 16.5. The standard InChI is InChI=1S/C24H28N4O4/c1-15-18(4-5-19-20(15)14-32-24(19)31)22(29)12-27-7-9-28(10-8-27)13-23(30)21-6-3-17(11-25)16(2)26-21/h3-6,22-23,29-30H,7-10,12-14H2,1-2H3/t22-,23+/m0/s1. The molecular weight excluding hydrogens is 408 g/mol. The van der Waals surface area contributed by atoms with Gasteiger partial charge in [0.05, 0.1) is 28.6 Å². The van der Waals surface area contributed by atoms with Gasteiger partial charge in [-0.1, -0.05) is 6.07 Å². The summed E-state index contributed by atoms with van der Waals surface area (Å²) in [5.41, 5.74) is 4.95. The maximum atomic E-state index is 11.7. The van der Waals surface area contributed by atoms with Gasteiger partial charge in [-0.3, -0.25) is 14.8 Å². The monoisotopic (exact) mass is 436 g/mol. The van der Waals surface area contributed by atoms with E-state index in [1.54, 1.807) is 25.1 Å². The van der Waals surface area contributed by atoms with E-state index in [9.17, 15) is 15.0 Å². The number of cyclic esters (lactones) is 1. The number of hydrogen-bond donors (Lipinski definition) is 2. The number of hydrogen-bond acceptors (Lipinski definition) is 8. The van der Waals surface area contributed by atoms with Crippen molar-refractivity contribution >= 4 is 5.97 Å². The number of aromatic nitrogens is 1. The minimum Gasteiger partial charge on any atom is -0.457 e. The molecule has 0 radical (unpaired) electrons. The van der Waals surface area contributed by atoms with Crippen LogP contribution in [0.1, 0.15) is 56.2 Å². The van der Waals surface area contributed by atoms with Crippen LogP contribution in [0.4, 0.5) is 0 Å². The van der Waals surface area contributed by atoms with Gasteiger partial charge in [0.25, 0.3) is 0 Å². The van der Waals surface area contributed by atoms with Crippen LogP contribution in [0.2, 0.25) is 0 Å². The Morgan fingerprint density at radius 3 is 2.34 bits per heavy atom. The maximum absolute atomic E-state index is 11.7. The highest BCUT2D eigenvalue weighted by Gasteiger charge is 2.27. The highest BCUT2D eigenvalue weighted by Crippen LogP contribution is 2.29. The Hall–Kier alpha value is -2.83. The Morgan fingerprint density at radius 1 is 1.06 bits per heavy atom. The molecular formula is C24H28N4O4. The van der Waals surface area contributed by atoms with Gasteiger partial charge in [-0.25, -0.2) is 4.79 Å². The van der Waals surface area contributed by atoms with Crippen molar-refractivity contribution in [1.82, 2.24) is 14.8 Å². The van der Waals surface area contributed by atoms with Crippen molar-refractivity contribution in [3.8, 4) is 6.07 Å². The summed E-state index contributed by atoms with van der Waals surface area (Å²) in [5, 5.41) is 30.4. The molecule has 0 unspecified atom stereocenters. The van der Waals surface area contributed by atoms with Crippen molar-refractivity contribution in [1.29, 1.82) is 5.26 Å². The molecule has 4 rings (SSSR count). The van der Waals surface area contributed by atoms with Crippen molar-refractivity contribution in [3.63, 3.8) is 0 Å². The number of carbonyl (C=O) groups excluding carboxylic acids is 1. The number of nitriles is 1. The molecule has 2 atom stereocenters. The lowest BCUT2D eigenvalue weighted by atomic mass is 9.95. The van der Waals surface area contributed by atoms with Crippen LogP contribution in [0, 0.1) is 25.2 Å². The Labute approximate surface area is 187 Å². The average molecular weight is 437 g/mol. The normalized spacial score (nSPS) is 18.7. The fraction of sp³-hybridized carbons (Fsp3) is 0.458. The number of fused-ring (bicyclic) bond motifs is 1. The lowest BCUT2D eigenvalue weighted by Gasteiger charge is -2.36. The lowest BCUT2D eigenvalue weighted by molar-refractivity contribution is 0.0470. The largest absolute Gasteiger partial charge is 0.457 e. The lowest BCUT2D eigenvalue weighted by Crippen LogP contribution is -2.48. The summed E-state index contributed by atoms with van der Waals surface area (Å²) >= 11 is 0. The summed E-state index contributed by atoms with van der Waals surface area (Å²) in [6.45, 7) is 8.10. The summed E-state index contributed by atoms with van der Waals surface area (Å²) in [4.78, 5) is 20.5. The second-order valence-corrected chi connectivity index (χ2v) is 8.50. The molecule has 0 amide bonds. The molecule has 8 nitrogen and oxygen atoms in total. The summed E-state index contributed by atoms with van der Waals surface area (Å²) in [6, 6.07) is 9.07. The molecule has 3 heterocycles. The number of esters is 1. The molecule has 1 saturated heterocycles.